The predicted molar refractivity (Wildman–Crippen MR) is 95.2 cm³/mol. The van der Waals surface area contributed by atoms with Crippen LogP contribution in [0.15, 0.2) is 15.8 Å². The smallest absolute Gasteiger partial charge is 0.330 e. The molecule has 27 heavy (non-hydrogen) atoms. The average Bonchev–Trinajstić information content (AvgIpc) is 2.99. The van der Waals surface area contributed by atoms with Crippen LogP contribution in [0.5, 0.6) is 0 Å². The molecule has 0 bridgehead atoms. The molecule has 0 spiro atoms. The standard InChI is InChI=1S/C18H26N2O7/c1-4-6-15(21)25-10-13-12(27-16(22)7-5-2)8-14(26-13)20-9-11(3)17(23)19-18(20)24/h9,12-14H,4-8,10H2,1-3H3,(H,19,23,24)/t12-,13+,14+/m0/s1. The lowest BCUT2D eigenvalue weighted by molar-refractivity contribution is -0.158. The van der Waals surface area contributed by atoms with Gasteiger partial charge >= 0.3 is 17.6 Å². The molecule has 1 saturated heterocycles. The van der Waals surface area contributed by atoms with Crippen molar-refractivity contribution < 1.29 is 23.8 Å². The van der Waals surface area contributed by atoms with Crippen molar-refractivity contribution in [3.63, 3.8) is 0 Å². The van der Waals surface area contributed by atoms with E-state index in [-0.39, 0.29) is 37.8 Å². The first kappa shape index (κ1) is 20.9. The maximum absolute atomic E-state index is 12.1. The highest BCUT2D eigenvalue weighted by molar-refractivity contribution is 5.70. The molecule has 2 heterocycles. The van der Waals surface area contributed by atoms with Gasteiger partial charge in [0.15, 0.2) is 0 Å². The third kappa shape index (κ3) is 5.53. The first-order valence-corrected chi connectivity index (χ1v) is 9.18. The van der Waals surface area contributed by atoms with E-state index in [9.17, 15) is 19.2 Å². The van der Waals surface area contributed by atoms with Crippen LogP contribution < -0.4 is 11.2 Å². The van der Waals surface area contributed by atoms with Gasteiger partial charge < -0.3 is 14.2 Å². The predicted octanol–water partition coefficient (Wildman–Crippen LogP) is 1.19. The van der Waals surface area contributed by atoms with Crippen molar-refractivity contribution in [2.24, 2.45) is 0 Å². The zero-order chi connectivity index (χ0) is 20.0. The van der Waals surface area contributed by atoms with E-state index in [0.29, 0.717) is 18.4 Å². The second-order valence-corrected chi connectivity index (χ2v) is 6.55. The van der Waals surface area contributed by atoms with Crippen molar-refractivity contribution in [2.75, 3.05) is 6.61 Å². The minimum Gasteiger partial charge on any atom is -0.463 e. The molecule has 0 aromatic carbocycles. The van der Waals surface area contributed by atoms with Crippen LogP contribution in [0.2, 0.25) is 0 Å². The van der Waals surface area contributed by atoms with Crippen molar-refractivity contribution in [1.82, 2.24) is 9.55 Å². The van der Waals surface area contributed by atoms with Gasteiger partial charge in [0.1, 0.15) is 25.0 Å². The lowest BCUT2D eigenvalue weighted by Crippen LogP contribution is -2.33. The van der Waals surface area contributed by atoms with Gasteiger partial charge in [0.2, 0.25) is 0 Å². The summed E-state index contributed by atoms with van der Waals surface area (Å²) in [6.45, 7) is 5.23. The third-order valence-corrected chi connectivity index (χ3v) is 4.24. The Morgan fingerprint density at radius 1 is 1.22 bits per heavy atom. The molecule has 0 aliphatic carbocycles. The Morgan fingerprint density at radius 3 is 2.56 bits per heavy atom. The molecule has 2 rings (SSSR count). The number of carbonyl (C=O) groups is 2. The topological polar surface area (TPSA) is 117 Å². The molecule has 9 nitrogen and oxygen atoms in total. The molecule has 0 saturated carbocycles. The van der Waals surface area contributed by atoms with E-state index in [2.05, 4.69) is 4.98 Å². The molecule has 0 radical (unpaired) electrons. The van der Waals surface area contributed by atoms with Crippen LogP contribution in [0.3, 0.4) is 0 Å². The maximum atomic E-state index is 12.1. The van der Waals surface area contributed by atoms with E-state index in [1.165, 1.54) is 10.8 Å². The third-order valence-electron chi connectivity index (χ3n) is 4.24. The fraction of sp³-hybridized carbons (Fsp3) is 0.667. The highest BCUT2D eigenvalue weighted by Crippen LogP contribution is 2.30. The lowest BCUT2D eigenvalue weighted by atomic mass is 10.2. The van der Waals surface area contributed by atoms with Gasteiger partial charge in [0.25, 0.3) is 5.56 Å². The highest BCUT2D eigenvalue weighted by Gasteiger charge is 2.40. The van der Waals surface area contributed by atoms with Crippen LogP contribution in [-0.4, -0.2) is 40.3 Å². The average molecular weight is 382 g/mol. The Morgan fingerprint density at radius 2 is 1.89 bits per heavy atom. The minimum atomic E-state index is -0.734. The van der Waals surface area contributed by atoms with Crippen LogP contribution in [0, 0.1) is 6.92 Å². The number of aromatic amines is 1. The first-order valence-electron chi connectivity index (χ1n) is 9.18. The fourth-order valence-electron chi connectivity index (χ4n) is 2.83. The number of carbonyl (C=O) groups excluding carboxylic acids is 2. The summed E-state index contributed by atoms with van der Waals surface area (Å²) in [4.78, 5) is 49.4. The van der Waals surface area contributed by atoms with E-state index < -0.39 is 29.7 Å². The first-order chi connectivity index (χ1) is 12.8. The molecule has 1 fully saturated rings. The van der Waals surface area contributed by atoms with Crippen LogP contribution >= 0.6 is 0 Å². The normalized spacial score (nSPS) is 21.8. The van der Waals surface area contributed by atoms with Crippen LogP contribution in [0.4, 0.5) is 0 Å². The number of aromatic nitrogens is 2. The Bertz CT molecular complexity index is 783. The van der Waals surface area contributed by atoms with Gasteiger partial charge in [-0.05, 0) is 19.8 Å². The Hall–Kier alpha value is -2.42. The summed E-state index contributed by atoms with van der Waals surface area (Å²) < 4.78 is 17.7. The molecule has 1 aliphatic heterocycles. The summed E-state index contributed by atoms with van der Waals surface area (Å²) in [5.74, 6) is -0.734. The van der Waals surface area contributed by atoms with Gasteiger partial charge in [-0.25, -0.2) is 4.79 Å². The van der Waals surface area contributed by atoms with Gasteiger partial charge in [0.05, 0.1) is 0 Å². The van der Waals surface area contributed by atoms with Crippen LogP contribution in [-0.2, 0) is 23.8 Å². The zero-order valence-corrected chi connectivity index (χ0v) is 15.9. The van der Waals surface area contributed by atoms with Gasteiger partial charge in [-0.3, -0.25) is 23.9 Å². The molecule has 9 heteroatoms. The molecule has 1 aromatic rings. The second-order valence-electron chi connectivity index (χ2n) is 6.55. The Kier molecular flexibility index (Phi) is 7.35. The zero-order valence-electron chi connectivity index (χ0n) is 15.9. The van der Waals surface area contributed by atoms with Crippen molar-refractivity contribution >= 4 is 11.9 Å². The Balaban J connectivity index is 2.16. The van der Waals surface area contributed by atoms with E-state index in [4.69, 9.17) is 14.2 Å². The molecule has 1 aromatic heterocycles. The number of hydrogen-bond donors (Lipinski definition) is 1. The minimum absolute atomic E-state index is 0.0729. The number of esters is 2. The van der Waals surface area contributed by atoms with E-state index in [0.717, 1.165) is 0 Å². The summed E-state index contributed by atoms with van der Waals surface area (Å²) in [6.07, 6.45) is 1.41. The fourth-order valence-corrected chi connectivity index (χ4v) is 2.83. The van der Waals surface area contributed by atoms with E-state index >= 15 is 0 Å². The van der Waals surface area contributed by atoms with Gasteiger partial charge in [-0.1, -0.05) is 13.8 Å². The number of aryl methyl sites for hydroxylation is 1. The number of nitrogens with zero attached hydrogens (tertiary/aromatic N) is 1. The number of H-pyrrole nitrogens is 1. The molecule has 0 unspecified atom stereocenters. The van der Waals surface area contributed by atoms with Gasteiger partial charge in [-0.15, -0.1) is 0 Å². The van der Waals surface area contributed by atoms with Crippen molar-refractivity contribution in [3.05, 3.63) is 32.6 Å². The number of ether oxygens (including phenoxy) is 3. The number of hydrogen-bond acceptors (Lipinski definition) is 7. The second kappa shape index (κ2) is 9.50. The SMILES string of the molecule is CCCC(=O)OC[C@H]1O[C@@H](n2cc(C)c(=O)[nH]c2=O)C[C@@H]1OC(=O)CCC. The van der Waals surface area contributed by atoms with E-state index in [1.807, 2.05) is 13.8 Å². The van der Waals surface area contributed by atoms with Gasteiger partial charge in [0, 0.05) is 31.0 Å². The Labute approximate surface area is 156 Å². The van der Waals surface area contributed by atoms with Crippen molar-refractivity contribution in [2.45, 2.75) is 71.3 Å². The molecule has 0 amide bonds. The maximum Gasteiger partial charge on any atom is 0.330 e. The lowest BCUT2D eigenvalue weighted by Gasteiger charge is -2.18. The highest BCUT2D eigenvalue weighted by atomic mass is 16.6. The van der Waals surface area contributed by atoms with Crippen LogP contribution in [0.25, 0.3) is 0 Å². The number of nitrogens with one attached hydrogen (secondary N) is 1. The summed E-state index contributed by atoms with van der Waals surface area (Å²) in [5, 5.41) is 0. The number of rotatable bonds is 8. The van der Waals surface area contributed by atoms with Gasteiger partial charge in [-0.2, -0.15) is 0 Å². The molecule has 1 aliphatic rings. The van der Waals surface area contributed by atoms with Crippen molar-refractivity contribution in [3.8, 4) is 0 Å². The summed E-state index contributed by atoms with van der Waals surface area (Å²) in [7, 11) is 0. The monoisotopic (exact) mass is 382 g/mol. The molecule has 3 atom stereocenters. The van der Waals surface area contributed by atoms with Crippen molar-refractivity contribution in [1.29, 1.82) is 0 Å². The largest absolute Gasteiger partial charge is 0.463 e. The summed E-state index contributed by atoms with van der Waals surface area (Å²) >= 11 is 0. The molecular weight excluding hydrogens is 356 g/mol. The van der Waals surface area contributed by atoms with E-state index in [1.54, 1.807) is 6.92 Å². The molecule has 1 N–H and O–H groups in total. The quantitative estimate of drug-likeness (QED) is 0.671. The molecular formula is C18H26N2O7. The van der Waals surface area contributed by atoms with Crippen LogP contribution in [0.1, 0.15) is 57.7 Å². The summed E-state index contributed by atoms with van der Waals surface area (Å²) in [6, 6.07) is 0. The summed E-state index contributed by atoms with van der Waals surface area (Å²) in [5.41, 5.74) is -0.723. The molecule has 150 valence electrons.